The number of hydrogen-bond donors (Lipinski definition) is 1. The number of nitrogens with one attached hydrogen (secondary N) is 1. The second-order valence-electron chi connectivity index (χ2n) is 7.07. The van der Waals surface area contributed by atoms with E-state index in [1.165, 1.54) is 25.5 Å². The minimum Gasteiger partial charge on any atom is -0.465 e. The maximum atomic E-state index is 12.4. The molecule has 0 saturated carbocycles. The smallest absolute Gasteiger partial charge is 0.348 e. The lowest BCUT2D eigenvalue weighted by atomic mass is 9.98. The average Bonchev–Trinajstić information content (AvgIpc) is 3.18. The minimum atomic E-state index is -0.416. The number of hydrogen-bond acceptors (Lipinski definition) is 5. The predicted molar refractivity (Wildman–Crippen MR) is 107 cm³/mol. The zero-order valence-corrected chi connectivity index (χ0v) is 16.7. The number of benzene rings is 1. The first-order valence-corrected chi connectivity index (χ1v) is 10.1. The summed E-state index contributed by atoms with van der Waals surface area (Å²) in [6.07, 6.45) is 2.50. The monoisotopic (exact) mass is 386 g/mol. The van der Waals surface area contributed by atoms with Crippen molar-refractivity contribution < 1.29 is 14.3 Å². The van der Waals surface area contributed by atoms with Gasteiger partial charge in [-0.1, -0.05) is 31.2 Å². The number of methoxy groups -OCH3 is 1. The number of esters is 1. The van der Waals surface area contributed by atoms with Gasteiger partial charge >= 0.3 is 5.97 Å². The van der Waals surface area contributed by atoms with Crippen LogP contribution >= 0.6 is 11.3 Å². The van der Waals surface area contributed by atoms with Crippen molar-refractivity contribution in [3.63, 3.8) is 0 Å². The maximum absolute atomic E-state index is 12.4. The van der Waals surface area contributed by atoms with Gasteiger partial charge in [0.1, 0.15) is 4.88 Å². The van der Waals surface area contributed by atoms with E-state index in [9.17, 15) is 9.59 Å². The van der Waals surface area contributed by atoms with Crippen LogP contribution in [-0.2, 0) is 17.8 Å². The van der Waals surface area contributed by atoms with Gasteiger partial charge in [-0.25, -0.2) is 4.79 Å². The van der Waals surface area contributed by atoms with Gasteiger partial charge in [-0.15, -0.1) is 11.3 Å². The molecule has 0 radical (unpaired) electrons. The van der Waals surface area contributed by atoms with Gasteiger partial charge in [-0.05, 0) is 55.1 Å². The van der Waals surface area contributed by atoms with Gasteiger partial charge in [0.25, 0.3) is 5.91 Å². The highest BCUT2D eigenvalue weighted by Gasteiger charge is 2.17. The summed E-state index contributed by atoms with van der Waals surface area (Å²) in [6, 6.07) is 11.5. The van der Waals surface area contributed by atoms with E-state index in [0.717, 1.165) is 42.5 Å². The largest absolute Gasteiger partial charge is 0.465 e. The number of likely N-dealkylation sites (tertiary alicyclic amines) is 1. The van der Waals surface area contributed by atoms with E-state index in [-0.39, 0.29) is 5.91 Å². The van der Waals surface area contributed by atoms with Crippen molar-refractivity contribution in [2.45, 2.75) is 32.9 Å². The van der Waals surface area contributed by atoms with Gasteiger partial charge in [0.05, 0.1) is 12.0 Å². The highest BCUT2D eigenvalue weighted by Crippen LogP contribution is 2.20. The molecule has 1 amide bonds. The zero-order valence-electron chi connectivity index (χ0n) is 15.9. The number of piperidine rings is 1. The lowest BCUT2D eigenvalue weighted by Crippen LogP contribution is -2.33. The summed E-state index contributed by atoms with van der Waals surface area (Å²) in [7, 11) is 1.34. The van der Waals surface area contributed by atoms with Crippen molar-refractivity contribution in [2.75, 3.05) is 20.2 Å². The molecule has 1 aromatic carbocycles. The molecule has 144 valence electrons. The Kier molecular flexibility index (Phi) is 6.63. The van der Waals surface area contributed by atoms with Crippen LogP contribution in [-0.4, -0.2) is 37.0 Å². The molecule has 2 aromatic rings. The van der Waals surface area contributed by atoms with Gasteiger partial charge in [-0.2, -0.15) is 0 Å². The SMILES string of the molecule is COC(=O)c1ccc(C(=O)NCc2ccccc2CN2CCC(C)CC2)s1. The number of rotatable bonds is 6. The lowest BCUT2D eigenvalue weighted by molar-refractivity contribution is 0.0606. The van der Waals surface area contributed by atoms with E-state index in [2.05, 4.69) is 40.1 Å². The van der Waals surface area contributed by atoms with Crippen LogP contribution in [0.5, 0.6) is 0 Å². The predicted octanol–water partition coefficient (Wildman–Crippen LogP) is 3.70. The Morgan fingerprint density at radius 1 is 1.11 bits per heavy atom. The molecule has 1 aromatic heterocycles. The molecule has 1 fully saturated rings. The van der Waals surface area contributed by atoms with Crippen LogP contribution < -0.4 is 5.32 Å². The van der Waals surface area contributed by atoms with Gasteiger partial charge in [0.15, 0.2) is 0 Å². The van der Waals surface area contributed by atoms with E-state index < -0.39 is 5.97 Å². The maximum Gasteiger partial charge on any atom is 0.348 e. The van der Waals surface area contributed by atoms with Crippen LogP contribution in [0.2, 0.25) is 0 Å². The topological polar surface area (TPSA) is 58.6 Å². The lowest BCUT2D eigenvalue weighted by Gasteiger charge is -2.30. The van der Waals surface area contributed by atoms with Crippen molar-refractivity contribution in [1.29, 1.82) is 0 Å². The van der Waals surface area contributed by atoms with E-state index in [4.69, 9.17) is 0 Å². The summed E-state index contributed by atoms with van der Waals surface area (Å²) in [6.45, 7) is 5.98. The highest BCUT2D eigenvalue weighted by molar-refractivity contribution is 7.15. The van der Waals surface area contributed by atoms with Crippen LogP contribution in [0.1, 0.15) is 50.2 Å². The highest BCUT2D eigenvalue weighted by atomic mass is 32.1. The molecule has 1 aliphatic heterocycles. The molecule has 5 nitrogen and oxygen atoms in total. The molecule has 2 heterocycles. The second-order valence-corrected chi connectivity index (χ2v) is 8.15. The molecule has 6 heteroatoms. The number of carbonyl (C=O) groups is 2. The van der Waals surface area contributed by atoms with Gasteiger partial charge < -0.3 is 10.1 Å². The van der Waals surface area contributed by atoms with Crippen molar-refractivity contribution in [1.82, 2.24) is 10.2 Å². The van der Waals surface area contributed by atoms with E-state index >= 15 is 0 Å². The standard InChI is InChI=1S/C21H26N2O3S/c1-15-9-11-23(12-10-15)14-17-6-4-3-5-16(17)13-22-20(24)18-7-8-19(27-18)21(25)26-2/h3-8,15H,9-14H2,1-2H3,(H,22,24). The van der Waals surface area contributed by atoms with Crippen molar-refractivity contribution in [3.8, 4) is 0 Å². The number of ether oxygens (including phenoxy) is 1. The summed E-state index contributed by atoms with van der Waals surface area (Å²) in [5, 5.41) is 2.97. The quantitative estimate of drug-likeness (QED) is 0.769. The van der Waals surface area contributed by atoms with Gasteiger partial charge in [0.2, 0.25) is 0 Å². The van der Waals surface area contributed by atoms with Crippen LogP contribution in [0.25, 0.3) is 0 Å². The third-order valence-electron chi connectivity index (χ3n) is 5.04. The van der Waals surface area contributed by atoms with Gasteiger partial charge in [0, 0.05) is 13.1 Å². The van der Waals surface area contributed by atoms with E-state index in [0.29, 0.717) is 16.3 Å². The Bertz CT molecular complexity index is 794. The molecule has 1 N–H and O–H groups in total. The third kappa shape index (κ3) is 5.17. The van der Waals surface area contributed by atoms with E-state index in [1.807, 2.05) is 6.07 Å². The summed E-state index contributed by atoms with van der Waals surface area (Å²) in [5.41, 5.74) is 2.39. The third-order valence-corrected chi connectivity index (χ3v) is 6.11. The molecule has 0 bridgehead atoms. The Morgan fingerprint density at radius 2 is 1.78 bits per heavy atom. The molecule has 27 heavy (non-hydrogen) atoms. The molecule has 1 saturated heterocycles. The van der Waals surface area contributed by atoms with Crippen LogP contribution in [0, 0.1) is 5.92 Å². The Balaban J connectivity index is 1.60. The Morgan fingerprint density at radius 3 is 2.48 bits per heavy atom. The normalized spacial score (nSPS) is 15.5. The van der Waals surface area contributed by atoms with E-state index in [1.54, 1.807) is 12.1 Å². The minimum absolute atomic E-state index is 0.170. The van der Waals surface area contributed by atoms with Crippen LogP contribution in [0.15, 0.2) is 36.4 Å². The molecule has 3 rings (SSSR count). The van der Waals surface area contributed by atoms with Crippen LogP contribution in [0.4, 0.5) is 0 Å². The first-order chi connectivity index (χ1) is 13.1. The number of carbonyl (C=O) groups excluding carboxylic acids is 2. The van der Waals surface area contributed by atoms with Crippen molar-refractivity contribution in [3.05, 3.63) is 57.3 Å². The fraction of sp³-hybridized carbons (Fsp3) is 0.429. The van der Waals surface area contributed by atoms with Crippen molar-refractivity contribution in [2.24, 2.45) is 5.92 Å². The second kappa shape index (κ2) is 9.15. The first kappa shape index (κ1) is 19.6. The Hall–Kier alpha value is -2.18. The number of amides is 1. The average molecular weight is 387 g/mol. The fourth-order valence-corrected chi connectivity index (χ4v) is 4.12. The summed E-state index contributed by atoms with van der Waals surface area (Å²) >= 11 is 1.15. The fourth-order valence-electron chi connectivity index (χ4n) is 3.28. The molecule has 0 atom stereocenters. The van der Waals surface area contributed by atoms with Crippen LogP contribution in [0.3, 0.4) is 0 Å². The Labute approximate surface area is 164 Å². The molecular formula is C21H26N2O3S. The first-order valence-electron chi connectivity index (χ1n) is 9.32. The number of nitrogens with zero attached hydrogens (tertiary/aromatic N) is 1. The van der Waals surface area contributed by atoms with Gasteiger partial charge in [-0.3, -0.25) is 9.69 Å². The summed E-state index contributed by atoms with van der Waals surface area (Å²) in [4.78, 5) is 27.4. The molecule has 0 unspecified atom stereocenters. The molecule has 0 aliphatic carbocycles. The molecular weight excluding hydrogens is 360 g/mol. The zero-order chi connectivity index (χ0) is 19.2. The van der Waals surface area contributed by atoms with Crippen molar-refractivity contribution >= 4 is 23.2 Å². The molecule has 0 spiro atoms. The summed E-state index contributed by atoms with van der Waals surface area (Å²) < 4.78 is 4.69. The number of thiophene rings is 1. The summed E-state index contributed by atoms with van der Waals surface area (Å²) in [5.74, 6) is 0.230. The molecule has 1 aliphatic rings.